The number of ether oxygens (including phenoxy) is 1. The quantitative estimate of drug-likeness (QED) is 0.600. The Balaban J connectivity index is 2.11. The molecular weight excluding hydrogens is 418 g/mol. The smallest absolute Gasteiger partial charge is 0.437 e. The number of H-pyrrole nitrogens is 2. The Bertz CT molecular complexity index is 1060. The number of rotatable bonds is 3. The maximum Gasteiger partial charge on any atom is 0.437 e. The lowest BCUT2D eigenvalue weighted by molar-refractivity contribution is -0.142. The van der Waals surface area contributed by atoms with Crippen molar-refractivity contribution in [1.82, 2.24) is 20.2 Å². The summed E-state index contributed by atoms with van der Waals surface area (Å²) in [7, 11) is 0. The van der Waals surface area contributed by atoms with Crippen LogP contribution in [0.3, 0.4) is 0 Å². The lowest BCUT2D eigenvalue weighted by Gasteiger charge is -2.14. The predicted molar refractivity (Wildman–Crippen MR) is 84.0 cm³/mol. The van der Waals surface area contributed by atoms with Gasteiger partial charge in [0, 0.05) is 6.20 Å². The molecule has 0 atom stereocenters. The van der Waals surface area contributed by atoms with Gasteiger partial charge < -0.3 is 9.72 Å². The number of aromatic amines is 2. The van der Waals surface area contributed by atoms with Crippen molar-refractivity contribution in [2.24, 2.45) is 0 Å². The first-order valence-corrected chi connectivity index (χ1v) is 7.61. The van der Waals surface area contributed by atoms with Gasteiger partial charge in [-0.05, 0) is 24.3 Å². The van der Waals surface area contributed by atoms with Gasteiger partial charge in [0.2, 0.25) is 5.75 Å². The van der Waals surface area contributed by atoms with Gasteiger partial charge in [0.25, 0.3) is 5.56 Å². The molecule has 0 amide bonds. The van der Waals surface area contributed by atoms with E-state index in [1.165, 1.54) is 12.3 Å². The Labute approximate surface area is 156 Å². The molecule has 0 aliphatic heterocycles. The highest BCUT2D eigenvalue weighted by atomic mass is 35.5. The zero-order chi connectivity index (χ0) is 20.7. The van der Waals surface area contributed by atoms with E-state index in [9.17, 15) is 31.1 Å². The zero-order valence-corrected chi connectivity index (χ0v) is 14.0. The molecule has 0 spiro atoms. The summed E-state index contributed by atoms with van der Waals surface area (Å²) in [4.78, 5) is 17.5. The van der Waals surface area contributed by atoms with E-state index in [1.807, 2.05) is 4.98 Å². The van der Waals surface area contributed by atoms with Crippen molar-refractivity contribution in [3.8, 4) is 23.0 Å². The maximum absolute atomic E-state index is 13.4. The van der Waals surface area contributed by atoms with Crippen LogP contribution in [0.5, 0.6) is 11.5 Å². The number of nitrogens with zero attached hydrogens (tertiary/aromatic N) is 2. The number of hydrogen-bond donors (Lipinski definition) is 2. The molecule has 0 aliphatic carbocycles. The van der Waals surface area contributed by atoms with Gasteiger partial charge in [-0.15, -0.1) is 0 Å². The molecule has 0 fully saturated rings. The lowest BCUT2D eigenvalue weighted by Crippen LogP contribution is -2.21. The maximum atomic E-state index is 13.4. The van der Waals surface area contributed by atoms with Crippen molar-refractivity contribution >= 4 is 11.6 Å². The summed E-state index contributed by atoms with van der Waals surface area (Å²) in [6, 6.07) is 3.31. The standard InChI is InChI=1S/C15H7ClF6N4O2/c16-8-2-1-6(5-7(8)14(17,18)19)28-10-11(15(20,21)22)24-12(25-13(10)27)9-3-4-23-26-9/h1-5H,(H,23,26)(H,24,25,27). The fourth-order valence-electron chi connectivity index (χ4n) is 2.17. The van der Waals surface area contributed by atoms with Gasteiger partial charge in [0.05, 0.1) is 10.6 Å². The molecule has 2 N–H and O–H groups in total. The van der Waals surface area contributed by atoms with Crippen molar-refractivity contribution in [2.75, 3.05) is 0 Å². The van der Waals surface area contributed by atoms with E-state index in [4.69, 9.17) is 16.3 Å². The summed E-state index contributed by atoms with van der Waals surface area (Å²) in [5.74, 6) is -2.50. The predicted octanol–water partition coefficient (Wildman–Crippen LogP) is 4.64. The number of benzene rings is 1. The van der Waals surface area contributed by atoms with Crippen molar-refractivity contribution in [3.05, 3.63) is 57.1 Å². The lowest BCUT2D eigenvalue weighted by atomic mass is 10.2. The third-order valence-corrected chi connectivity index (χ3v) is 3.68. The third kappa shape index (κ3) is 3.96. The van der Waals surface area contributed by atoms with E-state index in [1.54, 1.807) is 0 Å². The van der Waals surface area contributed by atoms with Crippen molar-refractivity contribution in [3.63, 3.8) is 0 Å². The van der Waals surface area contributed by atoms with Gasteiger partial charge in [-0.25, -0.2) is 4.98 Å². The van der Waals surface area contributed by atoms with E-state index in [0.717, 1.165) is 12.1 Å². The molecule has 2 aromatic heterocycles. The Morgan fingerprint density at radius 3 is 2.32 bits per heavy atom. The molecule has 3 rings (SSSR count). The SMILES string of the molecule is O=c1[nH]c(-c2cc[nH]n2)nc(C(F)(F)F)c1Oc1ccc(Cl)c(C(F)(F)F)c1. The van der Waals surface area contributed by atoms with Gasteiger partial charge in [-0.1, -0.05) is 11.6 Å². The first-order chi connectivity index (χ1) is 13.0. The first-order valence-electron chi connectivity index (χ1n) is 7.23. The van der Waals surface area contributed by atoms with E-state index in [0.29, 0.717) is 6.07 Å². The third-order valence-electron chi connectivity index (χ3n) is 3.35. The summed E-state index contributed by atoms with van der Waals surface area (Å²) in [6.45, 7) is 0. The highest BCUT2D eigenvalue weighted by Gasteiger charge is 2.39. The first kappa shape index (κ1) is 19.7. The Kier molecular flexibility index (Phi) is 4.83. The van der Waals surface area contributed by atoms with E-state index < -0.39 is 51.5 Å². The average molecular weight is 425 g/mol. The van der Waals surface area contributed by atoms with Crippen LogP contribution in [-0.2, 0) is 12.4 Å². The Morgan fingerprint density at radius 1 is 1.04 bits per heavy atom. The number of hydrogen-bond acceptors (Lipinski definition) is 4. The van der Waals surface area contributed by atoms with Gasteiger partial charge in [0.15, 0.2) is 11.5 Å². The van der Waals surface area contributed by atoms with Crippen molar-refractivity contribution in [1.29, 1.82) is 0 Å². The molecule has 0 unspecified atom stereocenters. The topological polar surface area (TPSA) is 83.7 Å². The van der Waals surface area contributed by atoms with Crippen LogP contribution in [0.1, 0.15) is 11.3 Å². The molecule has 0 radical (unpaired) electrons. The van der Waals surface area contributed by atoms with Gasteiger partial charge in [0.1, 0.15) is 11.4 Å². The van der Waals surface area contributed by atoms with Crippen LogP contribution < -0.4 is 10.3 Å². The minimum absolute atomic E-state index is 0.0833. The molecule has 148 valence electrons. The minimum atomic E-state index is -5.13. The van der Waals surface area contributed by atoms with Crippen LogP contribution in [0.15, 0.2) is 35.3 Å². The fraction of sp³-hybridized carbons (Fsp3) is 0.133. The van der Waals surface area contributed by atoms with E-state index in [2.05, 4.69) is 15.2 Å². The van der Waals surface area contributed by atoms with E-state index >= 15 is 0 Å². The largest absolute Gasteiger partial charge is 0.449 e. The number of alkyl halides is 6. The zero-order valence-electron chi connectivity index (χ0n) is 13.2. The molecule has 0 bridgehead atoms. The second kappa shape index (κ2) is 6.86. The molecule has 1 aromatic carbocycles. The Hall–Kier alpha value is -3.02. The van der Waals surface area contributed by atoms with Crippen LogP contribution in [-0.4, -0.2) is 20.2 Å². The van der Waals surface area contributed by atoms with Crippen LogP contribution in [0, 0.1) is 0 Å². The highest BCUT2D eigenvalue weighted by Crippen LogP contribution is 2.39. The fourth-order valence-corrected chi connectivity index (χ4v) is 2.39. The molecule has 0 saturated heterocycles. The number of halogens is 7. The second-order valence-electron chi connectivity index (χ2n) is 5.29. The summed E-state index contributed by atoms with van der Waals surface area (Å²) < 4.78 is 83.6. The molecule has 28 heavy (non-hydrogen) atoms. The molecular formula is C15H7ClF6N4O2. The molecule has 13 heteroatoms. The van der Waals surface area contributed by atoms with Crippen molar-refractivity contribution < 1.29 is 31.1 Å². The number of aromatic nitrogens is 4. The monoisotopic (exact) mass is 424 g/mol. The molecule has 2 heterocycles. The molecule has 6 nitrogen and oxygen atoms in total. The number of nitrogens with one attached hydrogen (secondary N) is 2. The minimum Gasteiger partial charge on any atom is -0.449 e. The second-order valence-corrected chi connectivity index (χ2v) is 5.70. The summed E-state index contributed by atoms with van der Waals surface area (Å²) in [6.07, 6.45) is -8.72. The molecule has 0 aliphatic rings. The van der Waals surface area contributed by atoms with Gasteiger partial charge >= 0.3 is 12.4 Å². The summed E-state index contributed by atoms with van der Waals surface area (Å²) in [5, 5.41) is 5.27. The highest BCUT2D eigenvalue weighted by molar-refractivity contribution is 6.31. The summed E-state index contributed by atoms with van der Waals surface area (Å²) >= 11 is 5.45. The van der Waals surface area contributed by atoms with Gasteiger partial charge in [-0.3, -0.25) is 9.89 Å². The molecule has 3 aromatic rings. The van der Waals surface area contributed by atoms with Crippen LogP contribution in [0.25, 0.3) is 11.5 Å². The van der Waals surface area contributed by atoms with Crippen molar-refractivity contribution in [2.45, 2.75) is 12.4 Å². The van der Waals surface area contributed by atoms with Crippen LogP contribution >= 0.6 is 11.6 Å². The molecule has 0 saturated carbocycles. The summed E-state index contributed by atoms with van der Waals surface area (Å²) in [5.41, 5.74) is -4.50. The van der Waals surface area contributed by atoms with Crippen LogP contribution in [0.2, 0.25) is 5.02 Å². The van der Waals surface area contributed by atoms with E-state index in [-0.39, 0.29) is 5.69 Å². The Morgan fingerprint density at radius 2 is 1.75 bits per heavy atom. The van der Waals surface area contributed by atoms with Gasteiger partial charge in [-0.2, -0.15) is 31.4 Å². The van der Waals surface area contributed by atoms with Crippen LogP contribution in [0.4, 0.5) is 26.3 Å². The average Bonchev–Trinajstić information content (AvgIpc) is 3.10. The normalized spacial score (nSPS) is 12.2.